The summed E-state index contributed by atoms with van der Waals surface area (Å²) in [5, 5.41) is 3.43. The van der Waals surface area contributed by atoms with Crippen molar-refractivity contribution in [3.05, 3.63) is 0 Å². The minimum atomic E-state index is 0.759. The summed E-state index contributed by atoms with van der Waals surface area (Å²) >= 11 is 0. The zero-order valence-electron chi connectivity index (χ0n) is 12.1. The van der Waals surface area contributed by atoms with E-state index in [0.717, 1.165) is 24.9 Å². The molecule has 0 heterocycles. The molecule has 0 aromatic rings. The SMILES string of the molecule is CCNCC(C)CN(CC)CC(CC)CC. The van der Waals surface area contributed by atoms with E-state index in [2.05, 4.69) is 44.8 Å². The van der Waals surface area contributed by atoms with Crippen molar-refractivity contribution in [3.63, 3.8) is 0 Å². The molecule has 1 atom stereocenters. The summed E-state index contributed by atoms with van der Waals surface area (Å²) in [4.78, 5) is 2.61. The van der Waals surface area contributed by atoms with Crippen molar-refractivity contribution in [2.75, 3.05) is 32.7 Å². The first-order valence-corrected chi connectivity index (χ1v) is 7.10. The molecule has 0 rings (SSSR count). The van der Waals surface area contributed by atoms with E-state index in [4.69, 9.17) is 0 Å². The van der Waals surface area contributed by atoms with Gasteiger partial charge in [0.15, 0.2) is 0 Å². The monoisotopic (exact) mass is 228 g/mol. The van der Waals surface area contributed by atoms with E-state index in [0.29, 0.717) is 0 Å². The van der Waals surface area contributed by atoms with Crippen molar-refractivity contribution in [2.45, 2.75) is 47.5 Å². The Labute approximate surface area is 103 Å². The number of rotatable bonds is 10. The van der Waals surface area contributed by atoms with Gasteiger partial charge in [-0.25, -0.2) is 0 Å². The average Bonchev–Trinajstić information content (AvgIpc) is 2.31. The quantitative estimate of drug-likeness (QED) is 0.618. The third kappa shape index (κ3) is 7.24. The lowest BCUT2D eigenvalue weighted by atomic mass is 10.0. The van der Waals surface area contributed by atoms with Crippen molar-refractivity contribution >= 4 is 0 Å². The predicted octanol–water partition coefficient (Wildman–Crippen LogP) is 2.99. The molecule has 0 bridgehead atoms. The zero-order valence-corrected chi connectivity index (χ0v) is 12.1. The van der Waals surface area contributed by atoms with Crippen LogP contribution in [0.15, 0.2) is 0 Å². The molecule has 0 aliphatic carbocycles. The summed E-state index contributed by atoms with van der Waals surface area (Å²) in [6, 6.07) is 0. The largest absolute Gasteiger partial charge is 0.317 e. The summed E-state index contributed by atoms with van der Waals surface area (Å²) in [5.41, 5.74) is 0. The van der Waals surface area contributed by atoms with Gasteiger partial charge in [-0.1, -0.05) is 47.5 Å². The normalized spacial score (nSPS) is 13.7. The Bertz CT molecular complexity index is 144. The van der Waals surface area contributed by atoms with Crippen LogP contribution in [-0.4, -0.2) is 37.6 Å². The predicted molar refractivity (Wildman–Crippen MR) is 73.9 cm³/mol. The molecule has 98 valence electrons. The van der Waals surface area contributed by atoms with Crippen LogP contribution < -0.4 is 5.32 Å². The highest BCUT2D eigenvalue weighted by Gasteiger charge is 2.12. The maximum Gasteiger partial charge on any atom is 0.00191 e. The summed E-state index contributed by atoms with van der Waals surface area (Å²) in [6.07, 6.45) is 2.63. The Balaban J connectivity index is 3.88. The molecule has 1 N–H and O–H groups in total. The first-order valence-electron chi connectivity index (χ1n) is 7.10. The van der Waals surface area contributed by atoms with Gasteiger partial charge >= 0.3 is 0 Å². The first-order chi connectivity index (χ1) is 7.67. The van der Waals surface area contributed by atoms with Gasteiger partial charge in [-0.2, -0.15) is 0 Å². The van der Waals surface area contributed by atoms with Gasteiger partial charge in [0, 0.05) is 13.1 Å². The van der Waals surface area contributed by atoms with Crippen LogP contribution in [-0.2, 0) is 0 Å². The summed E-state index contributed by atoms with van der Waals surface area (Å²) < 4.78 is 0. The maximum atomic E-state index is 3.43. The second-order valence-electron chi connectivity index (χ2n) is 4.95. The molecule has 0 radical (unpaired) electrons. The van der Waals surface area contributed by atoms with Gasteiger partial charge in [-0.15, -0.1) is 0 Å². The van der Waals surface area contributed by atoms with Crippen molar-refractivity contribution in [1.29, 1.82) is 0 Å². The highest BCUT2D eigenvalue weighted by molar-refractivity contribution is 4.67. The second kappa shape index (κ2) is 10.1. The van der Waals surface area contributed by atoms with Crippen molar-refractivity contribution in [3.8, 4) is 0 Å². The maximum absolute atomic E-state index is 3.43. The Morgan fingerprint density at radius 1 is 1.00 bits per heavy atom. The summed E-state index contributed by atoms with van der Waals surface area (Å²) in [5.74, 6) is 1.64. The molecule has 1 unspecified atom stereocenters. The standard InChI is InChI=1S/C14H32N2/c1-6-14(7-2)12-16(9-4)11-13(5)10-15-8-3/h13-15H,6-12H2,1-5H3. The van der Waals surface area contributed by atoms with Crippen LogP contribution >= 0.6 is 0 Å². The smallest absolute Gasteiger partial charge is 0.00191 e. The highest BCUT2D eigenvalue weighted by Crippen LogP contribution is 2.11. The van der Waals surface area contributed by atoms with Crippen LogP contribution in [0.4, 0.5) is 0 Å². The van der Waals surface area contributed by atoms with Gasteiger partial charge in [-0.3, -0.25) is 0 Å². The Morgan fingerprint density at radius 3 is 2.06 bits per heavy atom. The van der Waals surface area contributed by atoms with Crippen LogP contribution in [0, 0.1) is 11.8 Å². The van der Waals surface area contributed by atoms with Crippen molar-refractivity contribution in [1.82, 2.24) is 10.2 Å². The minimum Gasteiger partial charge on any atom is -0.317 e. The van der Waals surface area contributed by atoms with E-state index in [1.807, 2.05) is 0 Å². The molecular formula is C14H32N2. The summed E-state index contributed by atoms with van der Waals surface area (Å²) in [7, 11) is 0. The number of hydrogen-bond donors (Lipinski definition) is 1. The fourth-order valence-electron chi connectivity index (χ4n) is 2.14. The van der Waals surface area contributed by atoms with Gasteiger partial charge in [0.1, 0.15) is 0 Å². The fourth-order valence-corrected chi connectivity index (χ4v) is 2.14. The molecule has 0 aliphatic rings. The van der Waals surface area contributed by atoms with Gasteiger partial charge in [0.25, 0.3) is 0 Å². The Kier molecular flexibility index (Phi) is 10.0. The van der Waals surface area contributed by atoms with Crippen molar-refractivity contribution < 1.29 is 0 Å². The molecule has 2 heteroatoms. The van der Waals surface area contributed by atoms with Crippen molar-refractivity contribution in [2.24, 2.45) is 11.8 Å². The van der Waals surface area contributed by atoms with Gasteiger partial charge in [0.2, 0.25) is 0 Å². The van der Waals surface area contributed by atoms with E-state index in [-0.39, 0.29) is 0 Å². The number of nitrogens with zero attached hydrogens (tertiary/aromatic N) is 1. The molecule has 0 aromatic carbocycles. The fraction of sp³-hybridized carbons (Fsp3) is 1.00. The lowest BCUT2D eigenvalue weighted by molar-refractivity contribution is 0.205. The molecule has 0 spiro atoms. The van der Waals surface area contributed by atoms with E-state index in [1.165, 1.54) is 32.5 Å². The van der Waals surface area contributed by atoms with Gasteiger partial charge in [-0.05, 0) is 31.5 Å². The van der Waals surface area contributed by atoms with Gasteiger partial charge in [0.05, 0.1) is 0 Å². The molecular weight excluding hydrogens is 196 g/mol. The molecule has 0 saturated heterocycles. The minimum absolute atomic E-state index is 0.759. The molecule has 0 fully saturated rings. The van der Waals surface area contributed by atoms with Crippen LogP contribution in [0.25, 0.3) is 0 Å². The van der Waals surface area contributed by atoms with E-state index in [1.54, 1.807) is 0 Å². The zero-order chi connectivity index (χ0) is 12.4. The van der Waals surface area contributed by atoms with Crippen LogP contribution in [0.1, 0.15) is 47.5 Å². The topological polar surface area (TPSA) is 15.3 Å². The number of nitrogens with one attached hydrogen (secondary N) is 1. The molecule has 2 nitrogen and oxygen atoms in total. The Hall–Kier alpha value is -0.0800. The molecule has 0 saturated carbocycles. The van der Waals surface area contributed by atoms with Crippen LogP contribution in [0.2, 0.25) is 0 Å². The lowest BCUT2D eigenvalue weighted by Gasteiger charge is -2.28. The van der Waals surface area contributed by atoms with Crippen LogP contribution in [0.5, 0.6) is 0 Å². The molecule has 0 aliphatic heterocycles. The first kappa shape index (κ1) is 15.9. The second-order valence-corrected chi connectivity index (χ2v) is 4.95. The Morgan fingerprint density at radius 2 is 1.62 bits per heavy atom. The molecule has 16 heavy (non-hydrogen) atoms. The average molecular weight is 228 g/mol. The molecule has 0 aromatic heterocycles. The van der Waals surface area contributed by atoms with E-state index >= 15 is 0 Å². The van der Waals surface area contributed by atoms with Gasteiger partial charge < -0.3 is 10.2 Å². The molecule has 0 amide bonds. The summed E-state index contributed by atoms with van der Waals surface area (Å²) in [6.45, 7) is 17.4. The van der Waals surface area contributed by atoms with E-state index in [9.17, 15) is 0 Å². The third-order valence-electron chi connectivity index (χ3n) is 3.43. The lowest BCUT2D eigenvalue weighted by Crippen LogP contribution is -2.36. The highest BCUT2D eigenvalue weighted by atomic mass is 15.1. The number of hydrogen-bond acceptors (Lipinski definition) is 2. The van der Waals surface area contributed by atoms with E-state index < -0.39 is 0 Å². The van der Waals surface area contributed by atoms with Crippen LogP contribution in [0.3, 0.4) is 0 Å². The third-order valence-corrected chi connectivity index (χ3v) is 3.43.